The Morgan fingerprint density at radius 2 is 2.30 bits per heavy atom. The summed E-state index contributed by atoms with van der Waals surface area (Å²) in [7, 11) is 0. The van der Waals surface area contributed by atoms with E-state index in [2.05, 4.69) is 26.8 Å². The second kappa shape index (κ2) is 5.30. The highest BCUT2D eigenvalue weighted by molar-refractivity contribution is 7.71. The predicted octanol–water partition coefficient (Wildman–Crippen LogP) is 1.69. The minimum atomic E-state index is -0.0728. The van der Waals surface area contributed by atoms with Crippen LogP contribution in [0.2, 0.25) is 0 Å². The van der Waals surface area contributed by atoms with Gasteiger partial charge in [0.25, 0.3) is 5.56 Å². The fraction of sp³-hybridized carbons (Fsp3) is 0.357. The monoisotopic (exact) mass is 288 g/mol. The van der Waals surface area contributed by atoms with Crippen molar-refractivity contribution < 1.29 is 0 Å². The lowest BCUT2D eigenvalue weighted by Crippen LogP contribution is -2.35. The van der Waals surface area contributed by atoms with Crippen LogP contribution in [0.5, 0.6) is 0 Å². The number of aromatic amines is 2. The number of hydrogen-bond donors (Lipinski definition) is 2. The molecule has 0 saturated carbocycles. The van der Waals surface area contributed by atoms with Gasteiger partial charge in [-0.15, -0.1) is 0 Å². The van der Waals surface area contributed by atoms with Crippen LogP contribution in [0.15, 0.2) is 23.3 Å². The van der Waals surface area contributed by atoms with E-state index in [-0.39, 0.29) is 5.56 Å². The summed E-state index contributed by atoms with van der Waals surface area (Å²) >= 11 is 5.00. The lowest BCUT2D eigenvalue weighted by molar-refractivity contribution is 0.241. The van der Waals surface area contributed by atoms with Crippen LogP contribution in [-0.4, -0.2) is 26.4 Å². The van der Waals surface area contributed by atoms with Crippen LogP contribution in [0.1, 0.15) is 22.4 Å². The molecule has 104 valence electrons. The Kier molecular flexibility index (Phi) is 3.50. The molecule has 2 N–H and O–H groups in total. The molecule has 3 rings (SSSR count). The maximum absolute atomic E-state index is 12.0. The highest BCUT2D eigenvalue weighted by Crippen LogP contribution is 2.17. The number of pyridine rings is 1. The first kappa shape index (κ1) is 13.2. The smallest absolute Gasteiger partial charge is 0.256 e. The molecule has 0 saturated heterocycles. The minimum absolute atomic E-state index is 0.0728. The molecule has 2 aromatic rings. The second-order valence-corrected chi connectivity index (χ2v) is 5.54. The van der Waals surface area contributed by atoms with E-state index in [4.69, 9.17) is 12.2 Å². The van der Waals surface area contributed by atoms with Crippen molar-refractivity contribution >= 4 is 12.2 Å². The van der Waals surface area contributed by atoms with Gasteiger partial charge in [0, 0.05) is 44.1 Å². The molecular formula is C14H16N4OS. The van der Waals surface area contributed by atoms with Crippen molar-refractivity contribution in [1.82, 2.24) is 19.9 Å². The first-order valence-corrected chi connectivity index (χ1v) is 7.00. The zero-order valence-electron chi connectivity index (χ0n) is 11.3. The van der Waals surface area contributed by atoms with Crippen molar-refractivity contribution in [2.24, 2.45) is 0 Å². The summed E-state index contributed by atoms with van der Waals surface area (Å²) in [4.78, 5) is 24.1. The molecular weight excluding hydrogens is 272 g/mol. The number of nitrogens with one attached hydrogen (secondary N) is 2. The Bertz CT molecular complexity index is 749. The van der Waals surface area contributed by atoms with E-state index in [1.54, 1.807) is 6.20 Å². The molecule has 0 spiro atoms. The fourth-order valence-corrected chi connectivity index (χ4v) is 2.77. The van der Waals surface area contributed by atoms with Gasteiger partial charge in [-0.3, -0.25) is 19.7 Å². The molecule has 0 atom stereocenters. The molecule has 0 aromatic carbocycles. The number of rotatable bonds is 2. The molecule has 0 fully saturated rings. The zero-order chi connectivity index (χ0) is 14.1. The lowest BCUT2D eigenvalue weighted by atomic mass is 10.1. The average molecular weight is 288 g/mol. The number of nitrogens with zero attached hydrogens (tertiary/aromatic N) is 2. The third-order valence-electron chi connectivity index (χ3n) is 3.73. The van der Waals surface area contributed by atoms with Crippen molar-refractivity contribution in [3.63, 3.8) is 0 Å². The topological polar surface area (TPSA) is 64.8 Å². The van der Waals surface area contributed by atoms with Crippen LogP contribution in [-0.2, 0) is 19.5 Å². The first-order valence-electron chi connectivity index (χ1n) is 6.59. The molecule has 5 nitrogen and oxygen atoms in total. The third-order valence-corrected chi connectivity index (χ3v) is 3.94. The second-order valence-electron chi connectivity index (χ2n) is 5.13. The van der Waals surface area contributed by atoms with Crippen molar-refractivity contribution in [2.75, 3.05) is 6.54 Å². The van der Waals surface area contributed by atoms with Crippen LogP contribution in [0.4, 0.5) is 0 Å². The number of aromatic nitrogens is 3. The number of H-pyrrole nitrogens is 2. The molecule has 1 aliphatic heterocycles. The molecule has 2 aromatic heterocycles. The van der Waals surface area contributed by atoms with Gasteiger partial charge in [-0.2, -0.15) is 0 Å². The summed E-state index contributed by atoms with van der Waals surface area (Å²) in [5.41, 5.74) is 4.13. The average Bonchev–Trinajstić information content (AvgIpc) is 2.42. The summed E-state index contributed by atoms with van der Waals surface area (Å²) < 4.78 is 0.408. The molecule has 3 heterocycles. The molecule has 0 radical (unpaired) electrons. The Morgan fingerprint density at radius 1 is 1.45 bits per heavy atom. The summed E-state index contributed by atoms with van der Waals surface area (Å²) in [6.45, 7) is 4.45. The largest absolute Gasteiger partial charge is 0.335 e. The van der Waals surface area contributed by atoms with E-state index in [0.29, 0.717) is 11.3 Å². The molecule has 20 heavy (non-hydrogen) atoms. The molecule has 6 heteroatoms. The van der Waals surface area contributed by atoms with Crippen molar-refractivity contribution in [3.8, 4) is 0 Å². The normalized spacial score (nSPS) is 15.1. The van der Waals surface area contributed by atoms with Gasteiger partial charge in [-0.1, -0.05) is 0 Å². The van der Waals surface area contributed by atoms with Gasteiger partial charge in [-0.25, -0.2) is 0 Å². The van der Waals surface area contributed by atoms with E-state index in [0.717, 1.165) is 30.8 Å². The van der Waals surface area contributed by atoms with Gasteiger partial charge in [0.15, 0.2) is 4.77 Å². The Morgan fingerprint density at radius 3 is 3.10 bits per heavy atom. The molecule has 1 aliphatic rings. The molecule has 0 unspecified atom stereocenters. The van der Waals surface area contributed by atoms with E-state index >= 15 is 0 Å². The highest BCUT2D eigenvalue weighted by atomic mass is 32.1. The summed E-state index contributed by atoms with van der Waals surface area (Å²) in [6.07, 6.45) is 4.52. The van der Waals surface area contributed by atoms with Gasteiger partial charge in [-0.05, 0) is 36.3 Å². The van der Waals surface area contributed by atoms with Gasteiger partial charge in [0.05, 0.1) is 5.56 Å². The Labute approximate surface area is 121 Å². The maximum atomic E-state index is 12.0. The molecule has 0 bridgehead atoms. The van der Waals surface area contributed by atoms with E-state index < -0.39 is 0 Å². The van der Waals surface area contributed by atoms with Crippen LogP contribution < -0.4 is 5.56 Å². The van der Waals surface area contributed by atoms with Gasteiger partial charge in [0.1, 0.15) is 0 Å². The molecule has 0 aliphatic carbocycles. The van der Waals surface area contributed by atoms with Gasteiger partial charge in [0.2, 0.25) is 0 Å². The maximum Gasteiger partial charge on any atom is 0.256 e. The summed E-state index contributed by atoms with van der Waals surface area (Å²) in [6, 6.07) is 2.01. The fourth-order valence-electron chi connectivity index (χ4n) is 2.55. The number of fused-ring (bicyclic) bond motifs is 1. The third kappa shape index (κ3) is 2.57. The number of hydrogen-bond acceptors (Lipinski definition) is 4. The Hall–Kier alpha value is -1.79. The first-order chi connectivity index (χ1) is 9.63. The van der Waals surface area contributed by atoms with E-state index in [1.807, 2.05) is 12.3 Å². The standard InChI is InChI=1S/C14H16N4OS/c1-9-2-4-15-6-10(9)7-18-5-3-12-11(8-18)13(19)17-14(20)16-12/h2,4,6H,3,5,7-8H2,1H3,(H2,16,17,19,20). The van der Waals surface area contributed by atoms with E-state index in [9.17, 15) is 4.79 Å². The van der Waals surface area contributed by atoms with Crippen molar-refractivity contribution in [1.29, 1.82) is 0 Å². The van der Waals surface area contributed by atoms with Crippen LogP contribution in [0.3, 0.4) is 0 Å². The van der Waals surface area contributed by atoms with Crippen LogP contribution in [0.25, 0.3) is 0 Å². The van der Waals surface area contributed by atoms with Gasteiger partial charge >= 0.3 is 0 Å². The summed E-state index contributed by atoms with van der Waals surface area (Å²) in [5, 5.41) is 0. The van der Waals surface area contributed by atoms with Crippen LogP contribution in [0, 0.1) is 11.7 Å². The predicted molar refractivity (Wildman–Crippen MR) is 79.0 cm³/mol. The zero-order valence-corrected chi connectivity index (χ0v) is 12.1. The Balaban J connectivity index is 1.84. The minimum Gasteiger partial charge on any atom is -0.335 e. The summed E-state index contributed by atoms with van der Waals surface area (Å²) in [5.74, 6) is 0. The van der Waals surface area contributed by atoms with Gasteiger partial charge < -0.3 is 4.98 Å². The van der Waals surface area contributed by atoms with Crippen LogP contribution >= 0.6 is 12.2 Å². The quantitative estimate of drug-likeness (QED) is 0.826. The highest BCUT2D eigenvalue weighted by Gasteiger charge is 2.20. The van der Waals surface area contributed by atoms with Crippen molar-refractivity contribution in [3.05, 3.63) is 56.0 Å². The SMILES string of the molecule is Cc1ccncc1CN1CCc2[nH]c(=S)[nH]c(=O)c2C1. The molecule has 0 amide bonds. The van der Waals surface area contributed by atoms with E-state index in [1.165, 1.54) is 11.1 Å². The van der Waals surface area contributed by atoms with Crippen molar-refractivity contribution in [2.45, 2.75) is 26.4 Å². The number of aryl methyl sites for hydroxylation is 1. The lowest BCUT2D eigenvalue weighted by Gasteiger charge is -2.28.